The van der Waals surface area contributed by atoms with E-state index in [0.29, 0.717) is 40.4 Å². The van der Waals surface area contributed by atoms with Gasteiger partial charge in [0.2, 0.25) is 0 Å². The Hall–Kier alpha value is -4.58. The number of ketones is 2. The summed E-state index contributed by atoms with van der Waals surface area (Å²) in [6, 6.07) is 20.8. The average Bonchev–Trinajstić information content (AvgIpc) is 2.94. The van der Waals surface area contributed by atoms with E-state index in [1.807, 2.05) is 36.4 Å². The molecule has 0 unspecified atom stereocenters. The van der Waals surface area contributed by atoms with Crippen molar-refractivity contribution in [1.82, 2.24) is 9.97 Å². The van der Waals surface area contributed by atoms with Gasteiger partial charge in [0.1, 0.15) is 17.2 Å². The number of carbonyl (C=O) groups is 2. The number of aromatic nitrogens is 2. The first kappa shape index (κ1) is 30.9. The predicted octanol–water partition coefficient (Wildman–Crippen LogP) is 8.07. The zero-order valence-corrected chi connectivity index (χ0v) is 26.0. The smallest absolute Gasteiger partial charge is 0.165 e. The molecule has 0 aliphatic heterocycles. The van der Waals surface area contributed by atoms with Gasteiger partial charge in [-0.2, -0.15) is 0 Å². The molecule has 0 radical (unpaired) electrons. The lowest BCUT2D eigenvalue weighted by Gasteiger charge is -2.29. The molecule has 0 saturated heterocycles. The third-order valence-corrected chi connectivity index (χ3v) is 7.67. The highest BCUT2D eigenvalue weighted by molar-refractivity contribution is 6.30. The molecule has 0 saturated carbocycles. The normalized spacial score (nSPS) is 15.7. The Morgan fingerprint density at radius 2 is 1.11 bits per heavy atom. The van der Waals surface area contributed by atoms with Gasteiger partial charge >= 0.3 is 0 Å². The molecule has 2 aliphatic carbocycles. The number of nitrogens with zero attached hydrogens (tertiary/aromatic N) is 2. The fourth-order valence-electron chi connectivity index (χ4n) is 5.42. The van der Waals surface area contributed by atoms with E-state index >= 15 is 0 Å². The van der Waals surface area contributed by atoms with Crippen molar-refractivity contribution in [3.8, 4) is 23.7 Å². The van der Waals surface area contributed by atoms with Crippen molar-refractivity contribution in [2.75, 3.05) is 0 Å². The molecule has 0 bridgehead atoms. The van der Waals surface area contributed by atoms with E-state index < -0.39 is 0 Å². The van der Waals surface area contributed by atoms with Crippen LogP contribution in [0.4, 0.5) is 4.39 Å². The number of hydrogen-bond acceptors (Lipinski definition) is 4. The number of halogens is 2. The predicted molar refractivity (Wildman–Crippen MR) is 171 cm³/mol. The van der Waals surface area contributed by atoms with Gasteiger partial charge < -0.3 is 0 Å². The second-order valence-corrected chi connectivity index (χ2v) is 13.2. The summed E-state index contributed by atoms with van der Waals surface area (Å²) >= 11 is 5.95. The SMILES string of the molecule is CC1(C)CC(=O)c2ccc(C#Cc3cccc(Cl)c3)nc2C1.CC1(C)CC(=O)c2ccc(C#Cc3cccc(F)c3)nc2C1. The van der Waals surface area contributed by atoms with Crippen LogP contribution in [0.3, 0.4) is 0 Å². The van der Waals surface area contributed by atoms with E-state index in [2.05, 4.69) is 61.3 Å². The van der Waals surface area contributed by atoms with Crippen LogP contribution in [-0.4, -0.2) is 21.5 Å². The highest BCUT2D eigenvalue weighted by Gasteiger charge is 2.32. The molecule has 6 rings (SSSR count). The van der Waals surface area contributed by atoms with Crippen LogP contribution in [0, 0.1) is 40.3 Å². The standard InChI is InChI=1S/C19H16ClNO.C19H16FNO/c2*1-19(2)11-17-16(18(22)12-19)9-8-15(21-17)7-6-13-4-3-5-14(20)10-13/h2*3-5,8-10H,11-12H2,1-2H3. The number of Topliss-reactive ketones (excluding diaryl/α,β-unsaturated/α-hetero) is 2. The molecular weight excluding hydrogens is 571 g/mol. The first-order valence-corrected chi connectivity index (χ1v) is 14.9. The van der Waals surface area contributed by atoms with Gasteiger partial charge in [-0.15, -0.1) is 0 Å². The molecule has 0 atom stereocenters. The van der Waals surface area contributed by atoms with Crippen molar-refractivity contribution in [3.05, 3.63) is 129 Å². The molecule has 220 valence electrons. The van der Waals surface area contributed by atoms with Gasteiger partial charge in [0.05, 0.1) is 11.4 Å². The fraction of sp³-hybridized carbons (Fsp3) is 0.263. The Kier molecular flexibility index (Phi) is 8.82. The zero-order chi connectivity index (χ0) is 31.5. The Bertz CT molecular complexity index is 1760. The summed E-state index contributed by atoms with van der Waals surface area (Å²) in [5, 5.41) is 0.664. The molecule has 2 aromatic heterocycles. The maximum Gasteiger partial charge on any atom is 0.165 e. The molecular formula is C38H32ClFN2O2. The topological polar surface area (TPSA) is 59.9 Å². The third kappa shape index (κ3) is 7.87. The Labute approximate surface area is 263 Å². The van der Waals surface area contributed by atoms with Gasteiger partial charge in [-0.25, -0.2) is 14.4 Å². The Morgan fingerprint density at radius 1 is 0.636 bits per heavy atom. The Morgan fingerprint density at radius 3 is 1.59 bits per heavy atom. The second kappa shape index (κ2) is 12.6. The lowest BCUT2D eigenvalue weighted by atomic mass is 9.75. The second-order valence-electron chi connectivity index (χ2n) is 12.8. The third-order valence-electron chi connectivity index (χ3n) is 7.44. The van der Waals surface area contributed by atoms with E-state index in [1.165, 1.54) is 12.1 Å². The molecule has 0 amide bonds. The molecule has 0 spiro atoms. The minimum atomic E-state index is -0.308. The Balaban J connectivity index is 0.000000175. The van der Waals surface area contributed by atoms with Gasteiger partial charge in [0, 0.05) is 40.1 Å². The number of hydrogen-bond donors (Lipinski definition) is 0. The van der Waals surface area contributed by atoms with Crippen LogP contribution >= 0.6 is 11.6 Å². The van der Waals surface area contributed by atoms with Crippen molar-refractivity contribution >= 4 is 23.2 Å². The van der Waals surface area contributed by atoms with E-state index in [-0.39, 0.29) is 28.2 Å². The van der Waals surface area contributed by atoms with E-state index in [0.717, 1.165) is 35.4 Å². The van der Waals surface area contributed by atoms with Crippen LogP contribution < -0.4 is 0 Å². The van der Waals surface area contributed by atoms with Crippen molar-refractivity contribution in [2.24, 2.45) is 10.8 Å². The van der Waals surface area contributed by atoms with Crippen molar-refractivity contribution in [3.63, 3.8) is 0 Å². The van der Waals surface area contributed by atoms with Crippen molar-refractivity contribution < 1.29 is 14.0 Å². The highest BCUT2D eigenvalue weighted by Crippen LogP contribution is 2.34. The maximum atomic E-state index is 13.1. The average molecular weight is 603 g/mol. The summed E-state index contributed by atoms with van der Waals surface area (Å²) in [5.74, 6) is 12.0. The fourth-order valence-corrected chi connectivity index (χ4v) is 5.61. The van der Waals surface area contributed by atoms with Gasteiger partial charge in [-0.05, 0) is 96.2 Å². The van der Waals surface area contributed by atoms with E-state index in [4.69, 9.17) is 11.6 Å². The summed E-state index contributed by atoms with van der Waals surface area (Å²) in [4.78, 5) is 33.3. The summed E-state index contributed by atoms with van der Waals surface area (Å²) in [5.41, 5.74) is 5.77. The highest BCUT2D eigenvalue weighted by atomic mass is 35.5. The number of rotatable bonds is 0. The molecule has 4 nitrogen and oxygen atoms in total. The van der Waals surface area contributed by atoms with Gasteiger partial charge in [-0.3, -0.25) is 9.59 Å². The van der Waals surface area contributed by atoms with E-state index in [1.54, 1.807) is 24.3 Å². The number of fused-ring (bicyclic) bond motifs is 2. The van der Waals surface area contributed by atoms with Gasteiger partial charge in [0.25, 0.3) is 0 Å². The van der Waals surface area contributed by atoms with Crippen LogP contribution in [0.5, 0.6) is 0 Å². The van der Waals surface area contributed by atoms with Crippen LogP contribution in [0.15, 0.2) is 72.8 Å². The van der Waals surface area contributed by atoms with Gasteiger partial charge in [-0.1, -0.05) is 63.3 Å². The molecule has 2 heterocycles. The molecule has 4 aromatic rings. The quantitative estimate of drug-likeness (QED) is 0.191. The van der Waals surface area contributed by atoms with Crippen LogP contribution in [0.2, 0.25) is 5.02 Å². The monoisotopic (exact) mass is 602 g/mol. The van der Waals surface area contributed by atoms with Crippen LogP contribution in [-0.2, 0) is 12.8 Å². The molecule has 0 fully saturated rings. The largest absolute Gasteiger partial charge is 0.294 e. The molecule has 44 heavy (non-hydrogen) atoms. The zero-order valence-electron chi connectivity index (χ0n) is 25.2. The lowest BCUT2D eigenvalue weighted by Crippen LogP contribution is -2.28. The summed E-state index contributed by atoms with van der Waals surface area (Å²) in [7, 11) is 0. The summed E-state index contributed by atoms with van der Waals surface area (Å²) in [6.45, 7) is 8.33. The van der Waals surface area contributed by atoms with Crippen LogP contribution in [0.25, 0.3) is 0 Å². The number of benzene rings is 2. The molecule has 6 heteroatoms. The minimum absolute atomic E-state index is 0.0317. The number of pyridine rings is 2. The molecule has 0 N–H and O–H groups in total. The van der Waals surface area contributed by atoms with E-state index in [9.17, 15) is 14.0 Å². The molecule has 2 aliphatic rings. The summed E-state index contributed by atoms with van der Waals surface area (Å²) < 4.78 is 13.1. The maximum absolute atomic E-state index is 13.1. The van der Waals surface area contributed by atoms with Crippen molar-refractivity contribution in [1.29, 1.82) is 0 Å². The molecule has 2 aromatic carbocycles. The van der Waals surface area contributed by atoms with Crippen molar-refractivity contribution in [2.45, 2.75) is 53.4 Å². The lowest BCUT2D eigenvalue weighted by molar-refractivity contribution is 0.0900. The number of carbonyl (C=O) groups excluding carboxylic acids is 2. The van der Waals surface area contributed by atoms with Crippen LogP contribution in [0.1, 0.15) is 95.2 Å². The first-order valence-electron chi connectivity index (χ1n) is 14.5. The van der Waals surface area contributed by atoms with Gasteiger partial charge in [0.15, 0.2) is 11.6 Å². The minimum Gasteiger partial charge on any atom is -0.294 e. The first-order chi connectivity index (χ1) is 20.9. The summed E-state index contributed by atoms with van der Waals surface area (Å²) in [6.07, 6.45) is 2.70.